The number of hydrogen-bond acceptors (Lipinski definition) is 5. The molecular formula is C8H6ClN5. The molecule has 2 aromatic heterocycles. The van der Waals surface area contributed by atoms with Crippen LogP contribution in [0.15, 0.2) is 31.0 Å². The Hall–Kier alpha value is -1.75. The Morgan fingerprint density at radius 2 is 2.00 bits per heavy atom. The van der Waals surface area contributed by atoms with Gasteiger partial charge in [0.25, 0.3) is 0 Å². The summed E-state index contributed by atoms with van der Waals surface area (Å²) in [5, 5.41) is 3.32. The van der Waals surface area contributed by atoms with Crippen LogP contribution in [0.5, 0.6) is 0 Å². The molecule has 0 unspecified atom stereocenters. The van der Waals surface area contributed by atoms with Crippen LogP contribution in [0, 0.1) is 0 Å². The van der Waals surface area contributed by atoms with Crippen molar-refractivity contribution in [1.29, 1.82) is 0 Å². The van der Waals surface area contributed by atoms with Gasteiger partial charge in [-0.2, -0.15) is 0 Å². The molecule has 0 aromatic carbocycles. The van der Waals surface area contributed by atoms with E-state index in [4.69, 9.17) is 11.6 Å². The van der Waals surface area contributed by atoms with Gasteiger partial charge in [-0.25, -0.2) is 15.0 Å². The smallest absolute Gasteiger partial charge is 0.150 e. The van der Waals surface area contributed by atoms with E-state index in [1.165, 1.54) is 6.33 Å². The highest BCUT2D eigenvalue weighted by molar-refractivity contribution is 6.29. The summed E-state index contributed by atoms with van der Waals surface area (Å²) in [6.45, 7) is 0. The largest absolute Gasteiger partial charge is 0.324 e. The van der Waals surface area contributed by atoms with Crippen molar-refractivity contribution in [3.63, 3.8) is 0 Å². The second kappa shape index (κ2) is 3.97. The summed E-state index contributed by atoms with van der Waals surface area (Å²) in [5.41, 5.74) is 0. The first-order valence-corrected chi connectivity index (χ1v) is 4.23. The lowest BCUT2D eigenvalue weighted by Gasteiger charge is -2.02. The molecule has 0 bridgehead atoms. The molecule has 0 atom stereocenters. The Morgan fingerprint density at radius 1 is 1.07 bits per heavy atom. The average Bonchev–Trinajstić information content (AvgIpc) is 2.19. The fourth-order valence-electron chi connectivity index (χ4n) is 0.897. The third-order valence-electron chi connectivity index (χ3n) is 1.45. The van der Waals surface area contributed by atoms with Crippen LogP contribution in [0.3, 0.4) is 0 Å². The second-order valence-electron chi connectivity index (χ2n) is 2.44. The van der Waals surface area contributed by atoms with Crippen LogP contribution in [0.25, 0.3) is 0 Å². The maximum atomic E-state index is 5.68. The van der Waals surface area contributed by atoms with Crippen molar-refractivity contribution in [2.75, 3.05) is 5.32 Å². The number of anilines is 2. The Morgan fingerprint density at radius 3 is 2.71 bits per heavy atom. The van der Waals surface area contributed by atoms with Gasteiger partial charge >= 0.3 is 0 Å². The molecule has 0 spiro atoms. The van der Waals surface area contributed by atoms with Gasteiger partial charge in [0.15, 0.2) is 0 Å². The Bertz CT molecular complexity index is 419. The van der Waals surface area contributed by atoms with E-state index in [-0.39, 0.29) is 0 Å². The molecule has 6 heteroatoms. The van der Waals surface area contributed by atoms with Crippen LogP contribution >= 0.6 is 11.6 Å². The van der Waals surface area contributed by atoms with Crippen molar-refractivity contribution in [1.82, 2.24) is 19.9 Å². The van der Waals surface area contributed by atoms with Crippen molar-refractivity contribution in [3.8, 4) is 0 Å². The zero-order valence-electron chi connectivity index (χ0n) is 7.05. The highest BCUT2D eigenvalue weighted by Gasteiger charge is 1.97. The van der Waals surface area contributed by atoms with Gasteiger partial charge in [-0.1, -0.05) is 11.6 Å². The molecule has 2 heterocycles. The summed E-state index contributed by atoms with van der Waals surface area (Å²) >= 11 is 5.68. The molecule has 14 heavy (non-hydrogen) atoms. The van der Waals surface area contributed by atoms with Gasteiger partial charge in [-0.3, -0.25) is 4.98 Å². The van der Waals surface area contributed by atoms with E-state index < -0.39 is 0 Å². The number of hydrogen-bond donors (Lipinski definition) is 1. The van der Waals surface area contributed by atoms with E-state index >= 15 is 0 Å². The first kappa shape index (κ1) is 8.83. The molecule has 5 nitrogen and oxygen atoms in total. The number of aromatic nitrogens is 4. The Labute approximate surface area is 85.2 Å². The monoisotopic (exact) mass is 207 g/mol. The lowest BCUT2D eigenvalue weighted by atomic mass is 10.5. The molecule has 2 aromatic rings. The molecule has 1 N–H and O–H groups in total. The standard InChI is InChI=1S/C8H6ClN5/c9-6-3-7(13-5-12-6)14-8-4-10-1-2-11-8/h1-5H,(H,11,12,13,14). The van der Waals surface area contributed by atoms with Crippen LogP contribution in [-0.4, -0.2) is 19.9 Å². The zero-order chi connectivity index (χ0) is 9.80. The van der Waals surface area contributed by atoms with Gasteiger partial charge in [-0.15, -0.1) is 0 Å². The van der Waals surface area contributed by atoms with E-state index in [9.17, 15) is 0 Å². The van der Waals surface area contributed by atoms with Crippen molar-refractivity contribution < 1.29 is 0 Å². The molecule has 0 saturated heterocycles. The third kappa shape index (κ3) is 2.14. The molecule has 0 amide bonds. The molecule has 0 aliphatic carbocycles. The predicted molar refractivity (Wildman–Crippen MR) is 52.4 cm³/mol. The van der Waals surface area contributed by atoms with Crippen LogP contribution < -0.4 is 5.32 Å². The van der Waals surface area contributed by atoms with Crippen molar-refractivity contribution in [3.05, 3.63) is 36.1 Å². The quantitative estimate of drug-likeness (QED) is 0.759. The first-order chi connectivity index (χ1) is 6.84. The van der Waals surface area contributed by atoms with Gasteiger partial charge in [0.1, 0.15) is 23.1 Å². The second-order valence-corrected chi connectivity index (χ2v) is 2.83. The number of rotatable bonds is 2. The van der Waals surface area contributed by atoms with E-state index in [1.54, 1.807) is 24.7 Å². The van der Waals surface area contributed by atoms with Gasteiger partial charge in [-0.05, 0) is 0 Å². The van der Waals surface area contributed by atoms with Gasteiger partial charge < -0.3 is 5.32 Å². The maximum absolute atomic E-state index is 5.68. The summed E-state index contributed by atoms with van der Waals surface area (Å²) < 4.78 is 0. The average molecular weight is 208 g/mol. The SMILES string of the molecule is Clc1cc(Nc2cnccn2)ncn1. The summed E-state index contributed by atoms with van der Waals surface area (Å²) in [4.78, 5) is 15.6. The van der Waals surface area contributed by atoms with Crippen molar-refractivity contribution in [2.24, 2.45) is 0 Å². The van der Waals surface area contributed by atoms with Crippen LogP contribution in [-0.2, 0) is 0 Å². The highest BCUT2D eigenvalue weighted by atomic mass is 35.5. The molecule has 0 saturated carbocycles. The number of halogens is 1. The predicted octanol–water partition coefficient (Wildman–Crippen LogP) is 1.66. The number of nitrogens with zero attached hydrogens (tertiary/aromatic N) is 4. The lowest BCUT2D eigenvalue weighted by molar-refractivity contribution is 1.14. The van der Waals surface area contributed by atoms with E-state index in [0.29, 0.717) is 16.8 Å². The summed E-state index contributed by atoms with van der Waals surface area (Å²) in [7, 11) is 0. The highest BCUT2D eigenvalue weighted by Crippen LogP contribution is 2.12. The van der Waals surface area contributed by atoms with Crippen LogP contribution in [0.1, 0.15) is 0 Å². The summed E-state index contributed by atoms with van der Waals surface area (Å²) in [5.74, 6) is 1.20. The summed E-state index contributed by atoms with van der Waals surface area (Å²) in [6, 6.07) is 1.61. The fourth-order valence-corrected chi connectivity index (χ4v) is 1.04. The lowest BCUT2D eigenvalue weighted by Crippen LogP contribution is -1.96. The Kier molecular flexibility index (Phi) is 2.51. The zero-order valence-corrected chi connectivity index (χ0v) is 7.81. The fraction of sp³-hybridized carbons (Fsp3) is 0. The van der Waals surface area contributed by atoms with Gasteiger partial charge in [0.05, 0.1) is 6.20 Å². The third-order valence-corrected chi connectivity index (χ3v) is 1.66. The maximum Gasteiger partial charge on any atom is 0.150 e. The molecule has 70 valence electrons. The van der Waals surface area contributed by atoms with Gasteiger partial charge in [0, 0.05) is 18.5 Å². The molecule has 0 aliphatic rings. The normalized spacial score (nSPS) is 9.79. The summed E-state index contributed by atoms with van der Waals surface area (Å²) in [6.07, 6.45) is 6.15. The minimum Gasteiger partial charge on any atom is -0.324 e. The van der Waals surface area contributed by atoms with Crippen LogP contribution in [0.4, 0.5) is 11.6 Å². The van der Waals surface area contributed by atoms with E-state index in [2.05, 4.69) is 25.3 Å². The molecule has 0 radical (unpaired) electrons. The van der Waals surface area contributed by atoms with E-state index in [1.807, 2.05) is 0 Å². The number of nitrogens with one attached hydrogen (secondary N) is 1. The topological polar surface area (TPSA) is 63.6 Å². The molecule has 2 rings (SSSR count). The minimum absolute atomic E-state index is 0.381. The van der Waals surface area contributed by atoms with Gasteiger partial charge in [0.2, 0.25) is 0 Å². The Balaban J connectivity index is 2.19. The molecule has 0 fully saturated rings. The minimum atomic E-state index is 0.381. The molecule has 0 aliphatic heterocycles. The van der Waals surface area contributed by atoms with E-state index in [0.717, 1.165) is 0 Å². The van der Waals surface area contributed by atoms with Crippen molar-refractivity contribution >= 4 is 23.2 Å². The van der Waals surface area contributed by atoms with Crippen LogP contribution in [0.2, 0.25) is 5.15 Å². The molecular weight excluding hydrogens is 202 g/mol. The first-order valence-electron chi connectivity index (χ1n) is 3.85. The van der Waals surface area contributed by atoms with Crippen molar-refractivity contribution in [2.45, 2.75) is 0 Å².